The molecule has 0 atom stereocenters. The highest BCUT2D eigenvalue weighted by atomic mass is 35.5. The highest BCUT2D eigenvalue weighted by Gasteiger charge is 2.20. The summed E-state index contributed by atoms with van der Waals surface area (Å²) in [7, 11) is -3.06. The van der Waals surface area contributed by atoms with Gasteiger partial charge in [0.1, 0.15) is 0 Å². The molecule has 0 aromatic rings. The molecule has 1 N–H and O–H groups in total. The van der Waals surface area contributed by atoms with E-state index in [9.17, 15) is 8.42 Å². The molecule has 4 nitrogen and oxygen atoms in total. The monoisotopic (exact) mass is 252 g/mol. The van der Waals surface area contributed by atoms with E-state index in [1.165, 1.54) is 11.8 Å². The van der Waals surface area contributed by atoms with E-state index in [-0.39, 0.29) is 6.04 Å². The van der Waals surface area contributed by atoms with E-state index in [0.717, 1.165) is 32.5 Å². The maximum absolute atomic E-state index is 11.0. The van der Waals surface area contributed by atoms with Gasteiger partial charge in [-0.15, -0.1) is 0 Å². The molecule has 1 fully saturated rings. The molecule has 1 rings (SSSR count). The van der Waals surface area contributed by atoms with Crippen LogP contribution in [0, 0.1) is 0 Å². The normalized spacial score (nSPS) is 21.2. The van der Waals surface area contributed by atoms with Crippen molar-refractivity contribution in [3.63, 3.8) is 0 Å². The van der Waals surface area contributed by atoms with Crippen LogP contribution in [0.2, 0.25) is 0 Å². The number of piperidine rings is 1. The van der Waals surface area contributed by atoms with Crippen molar-refractivity contribution in [1.82, 2.24) is 9.62 Å². The van der Waals surface area contributed by atoms with Crippen molar-refractivity contribution >= 4 is 21.6 Å². The fraction of sp³-hybridized carbons (Fsp3) is 0.778. The van der Waals surface area contributed by atoms with Gasteiger partial charge in [0.15, 0.2) is 0 Å². The molecule has 6 heteroatoms. The third-order valence-electron chi connectivity index (χ3n) is 2.42. The van der Waals surface area contributed by atoms with Crippen molar-refractivity contribution in [3.8, 4) is 0 Å². The molecule has 88 valence electrons. The Hall–Kier alpha value is -0.100. The number of hydrogen-bond acceptors (Lipinski definition) is 3. The van der Waals surface area contributed by atoms with Crippen LogP contribution in [0.3, 0.4) is 0 Å². The molecule has 1 saturated heterocycles. The zero-order chi connectivity index (χ0) is 11.3. The summed E-state index contributed by atoms with van der Waals surface area (Å²) in [6.45, 7) is 2.66. The summed E-state index contributed by atoms with van der Waals surface area (Å²) in [5.41, 5.74) is 1.51. The number of hydrogen-bond donors (Lipinski definition) is 1. The van der Waals surface area contributed by atoms with E-state index in [4.69, 9.17) is 11.6 Å². The molecule has 0 amide bonds. The maximum atomic E-state index is 11.0. The van der Waals surface area contributed by atoms with Crippen molar-refractivity contribution in [2.75, 3.05) is 25.9 Å². The van der Waals surface area contributed by atoms with E-state index in [0.29, 0.717) is 0 Å². The van der Waals surface area contributed by atoms with Crippen LogP contribution in [0.1, 0.15) is 12.8 Å². The van der Waals surface area contributed by atoms with Gasteiger partial charge < -0.3 is 0 Å². The second-order valence-corrected chi connectivity index (χ2v) is 5.86. The Balaban J connectivity index is 2.30. The van der Waals surface area contributed by atoms with Crippen molar-refractivity contribution in [2.24, 2.45) is 0 Å². The number of nitrogens with zero attached hydrogens (tertiary/aromatic N) is 1. The van der Waals surface area contributed by atoms with Gasteiger partial charge in [-0.1, -0.05) is 17.7 Å². The van der Waals surface area contributed by atoms with Crippen LogP contribution >= 0.6 is 11.6 Å². The third-order valence-corrected chi connectivity index (χ3v) is 3.36. The van der Waals surface area contributed by atoms with E-state index in [2.05, 4.69) is 9.62 Å². The van der Waals surface area contributed by atoms with Gasteiger partial charge >= 0.3 is 0 Å². The summed E-state index contributed by atoms with van der Waals surface area (Å²) in [6, 6.07) is 0.0937. The van der Waals surface area contributed by atoms with Gasteiger partial charge in [-0.2, -0.15) is 0 Å². The van der Waals surface area contributed by atoms with Crippen molar-refractivity contribution in [1.29, 1.82) is 0 Å². The number of halogens is 1. The fourth-order valence-electron chi connectivity index (χ4n) is 1.73. The summed E-state index contributed by atoms with van der Waals surface area (Å²) in [6.07, 6.45) is 4.83. The van der Waals surface area contributed by atoms with E-state index < -0.39 is 10.0 Å². The topological polar surface area (TPSA) is 49.4 Å². The van der Waals surface area contributed by atoms with Gasteiger partial charge in [-0.05, 0) is 25.9 Å². The summed E-state index contributed by atoms with van der Waals surface area (Å²) in [5.74, 6) is 0. The van der Waals surface area contributed by atoms with E-state index >= 15 is 0 Å². The van der Waals surface area contributed by atoms with Crippen LogP contribution < -0.4 is 4.72 Å². The molecule has 0 aromatic carbocycles. The largest absolute Gasteiger partial charge is 0.300 e. The van der Waals surface area contributed by atoms with E-state index in [1.807, 2.05) is 6.08 Å². The first-order chi connectivity index (χ1) is 7.01. The van der Waals surface area contributed by atoms with Crippen LogP contribution in [-0.2, 0) is 10.0 Å². The van der Waals surface area contributed by atoms with Crippen LogP contribution in [-0.4, -0.2) is 45.2 Å². The smallest absolute Gasteiger partial charge is 0.208 e. The fourth-order valence-corrected chi connectivity index (χ4v) is 2.65. The zero-order valence-corrected chi connectivity index (χ0v) is 10.4. The summed E-state index contributed by atoms with van der Waals surface area (Å²) in [5, 5.41) is 0. The minimum Gasteiger partial charge on any atom is -0.300 e. The molecule has 0 saturated carbocycles. The maximum Gasteiger partial charge on any atom is 0.208 e. The first-order valence-electron chi connectivity index (χ1n) is 4.96. The van der Waals surface area contributed by atoms with Crippen LogP contribution in [0.4, 0.5) is 0 Å². The molecule has 0 spiro atoms. The van der Waals surface area contributed by atoms with Gasteiger partial charge in [0.05, 0.1) is 6.26 Å². The minimum absolute atomic E-state index is 0.0937. The average molecular weight is 253 g/mol. The standard InChI is InChI=1S/C9H17ClN2O2S/c1-15(13,14)11-9-3-7-12(8-4-9)6-2-5-10/h2,5,9,11H,3-4,6-8H2,1H3/b5-2+. The molecule has 0 radical (unpaired) electrons. The van der Waals surface area contributed by atoms with E-state index in [1.54, 1.807) is 0 Å². The highest BCUT2D eigenvalue weighted by Crippen LogP contribution is 2.10. The Morgan fingerprint density at radius 1 is 1.47 bits per heavy atom. The Bertz CT molecular complexity index is 308. The Labute approximate surface area is 96.3 Å². The number of sulfonamides is 1. The Morgan fingerprint density at radius 2 is 2.07 bits per heavy atom. The number of likely N-dealkylation sites (tertiary alicyclic amines) is 1. The summed E-state index contributed by atoms with van der Waals surface area (Å²) >= 11 is 5.44. The molecule has 1 aliphatic rings. The van der Waals surface area contributed by atoms with Crippen LogP contribution in [0.25, 0.3) is 0 Å². The summed E-state index contributed by atoms with van der Waals surface area (Å²) < 4.78 is 24.6. The Morgan fingerprint density at radius 3 is 2.53 bits per heavy atom. The lowest BCUT2D eigenvalue weighted by molar-refractivity contribution is 0.227. The molecule has 15 heavy (non-hydrogen) atoms. The lowest BCUT2D eigenvalue weighted by Gasteiger charge is -2.30. The van der Waals surface area contributed by atoms with Crippen molar-refractivity contribution < 1.29 is 8.42 Å². The third kappa shape index (κ3) is 5.51. The molecular formula is C9H17ClN2O2S. The number of rotatable bonds is 4. The second kappa shape index (κ2) is 5.84. The molecule has 0 aliphatic carbocycles. The minimum atomic E-state index is -3.06. The Kier molecular flexibility index (Phi) is 5.05. The van der Waals surface area contributed by atoms with Gasteiger partial charge in [0.25, 0.3) is 0 Å². The highest BCUT2D eigenvalue weighted by molar-refractivity contribution is 7.88. The average Bonchev–Trinajstić information content (AvgIpc) is 2.14. The molecule has 0 bridgehead atoms. The molecule has 1 aliphatic heterocycles. The predicted octanol–water partition coefficient (Wildman–Crippen LogP) is 0.752. The second-order valence-electron chi connectivity index (χ2n) is 3.83. The predicted molar refractivity (Wildman–Crippen MR) is 62.4 cm³/mol. The quantitative estimate of drug-likeness (QED) is 0.804. The molecule has 0 aromatic heterocycles. The lowest BCUT2D eigenvalue weighted by Crippen LogP contribution is -2.44. The zero-order valence-electron chi connectivity index (χ0n) is 8.82. The van der Waals surface area contributed by atoms with Gasteiger partial charge in [-0.25, -0.2) is 13.1 Å². The number of nitrogens with one attached hydrogen (secondary N) is 1. The van der Waals surface area contributed by atoms with Gasteiger partial charge in [0.2, 0.25) is 10.0 Å². The van der Waals surface area contributed by atoms with Gasteiger partial charge in [-0.3, -0.25) is 4.90 Å². The van der Waals surface area contributed by atoms with Gasteiger partial charge in [0, 0.05) is 18.1 Å². The molecule has 0 unspecified atom stereocenters. The SMILES string of the molecule is CS(=O)(=O)NC1CCN(C/C=C/Cl)CC1. The summed E-state index contributed by atoms with van der Waals surface area (Å²) in [4.78, 5) is 2.25. The van der Waals surface area contributed by atoms with Crippen molar-refractivity contribution in [2.45, 2.75) is 18.9 Å². The first-order valence-corrected chi connectivity index (χ1v) is 7.29. The van der Waals surface area contributed by atoms with Crippen molar-refractivity contribution in [3.05, 3.63) is 11.6 Å². The molecule has 1 heterocycles. The molecular weight excluding hydrogens is 236 g/mol. The van der Waals surface area contributed by atoms with Crippen LogP contribution in [0.5, 0.6) is 0 Å². The van der Waals surface area contributed by atoms with Crippen LogP contribution in [0.15, 0.2) is 11.6 Å². The lowest BCUT2D eigenvalue weighted by atomic mass is 10.1. The first kappa shape index (κ1) is 13.0.